The molecule has 0 aliphatic carbocycles. The Morgan fingerprint density at radius 1 is 0.292 bits per heavy atom. The third-order valence-electron chi connectivity index (χ3n) is 10.0. The molecule has 0 unspecified atom stereocenters. The molecule has 0 nitrogen and oxygen atoms in total. The lowest BCUT2D eigenvalue weighted by Gasteiger charge is -2.20. The lowest BCUT2D eigenvalue weighted by atomic mass is 9.83. The number of aryl methyl sites for hydroxylation is 2. The third-order valence-corrected chi connectivity index (χ3v) is 10.0. The highest BCUT2D eigenvalue weighted by Crippen LogP contribution is 2.47. The second-order valence-electron chi connectivity index (χ2n) is 13.0. The van der Waals surface area contributed by atoms with Crippen LogP contribution in [0.4, 0.5) is 0 Å². The molecule has 0 N–H and O–H groups in total. The number of rotatable bonds is 4. The molecule has 226 valence electrons. The standard InChI is InChI=1S/C48H34/c1-31-22-23-32(2)45(28-31)47-41-17-7-9-19-43(41)48(44-20-10-8-18-42(44)47)46-30-37(29-36-13-4-6-16-40(36)46)33-24-26-35(27-25-33)39-21-11-14-34-12-3-5-15-38(34)39/h3-30H,1-2H3. The van der Waals surface area contributed by atoms with Gasteiger partial charge in [0.05, 0.1) is 0 Å². The maximum atomic E-state index is 2.42. The van der Waals surface area contributed by atoms with Gasteiger partial charge in [0.15, 0.2) is 0 Å². The largest absolute Gasteiger partial charge is 0.0616 e. The molecule has 9 aromatic rings. The van der Waals surface area contributed by atoms with Crippen LogP contribution in [-0.2, 0) is 0 Å². The first-order valence-corrected chi connectivity index (χ1v) is 16.8. The molecule has 0 spiro atoms. The van der Waals surface area contributed by atoms with Crippen molar-refractivity contribution in [2.24, 2.45) is 0 Å². The van der Waals surface area contributed by atoms with Crippen LogP contribution < -0.4 is 0 Å². The van der Waals surface area contributed by atoms with E-state index in [0.29, 0.717) is 0 Å². The first-order chi connectivity index (χ1) is 23.6. The molecule has 0 aliphatic rings. The summed E-state index contributed by atoms with van der Waals surface area (Å²) in [6.45, 7) is 4.42. The minimum Gasteiger partial charge on any atom is -0.0616 e. The van der Waals surface area contributed by atoms with Gasteiger partial charge in [0, 0.05) is 0 Å². The smallest absolute Gasteiger partial charge is 0.00199 e. The van der Waals surface area contributed by atoms with Crippen molar-refractivity contribution in [1.82, 2.24) is 0 Å². The van der Waals surface area contributed by atoms with E-state index in [0.717, 1.165) is 0 Å². The van der Waals surface area contributed by atoms with Gasteiger partial charge in [-0.25, -0.2) is 0 Å². The zero-order valence-corrected chi connectivity index (χ0v) is 27.2. The van der Waals surface area contributed by atoms with Crippen molar-refractivity contribution in [2.75, 3.05) is 0 Å². The van der Waals surface area contributed by atoms with Crippen LogP contribution in [-0.4, -0.2) is 0 Å². The fraction of sp³-hybridized carbons (Fsp3) is 0.0417. The van der Waals surface area contributed by atoms with Crippen molar-refractivity contribution in [3.05, 3.63) is 181 Å². The van der Waals surface area contributed by atoms with E-state index in [1.54, 1.807) is 0 Å². The van der Waals surface area contributed by atoms with E-state index in [-0.39, 0.29) is 0 Å². The van der Waals surface area contributed by atoms with Crippen LogP contribution in [0.5, 0.6) is 0 Å². The highest BCUT2D eigenvalue weighted by molar-refractivity contribution is 6.24. The zero-order chi connectivity index (χ0) is 32.2. The SMILES string of the molecule is Cc1ccc(C)c(-c2c3ccccc3c(-c3cc(-c4ccc(-c5cccc6ccccc56)cc4)cc4ccccc34)c3ccccc23)c1. The molecule has 0 aromatic heterocycles. The first-order valence-electron chi connectivity index (χ1n) is 16.8. The zero-order valence-electron chi connectivity index (χ0n) is 27.2. The Balaban J connectivity index is 1.29. The molecule has 0 amide bonds. The van der Waals surface area contributed by atoms with Gasteiger partial charge >= 0.3 is 0 Å². The van der Waals surface area contributed by atoms with Gasteiger partial charge in [0.25, 0.3) is 0 Å². The van der Waals surface area contributed by atoms with E-state index in [1.165, 1.54) is 98.7 Å². The molecule has 0 bridgehead atoms. The summed E-state index contributed by atoms with van der Waals surface area (Å²) in [4.78, 5) is 0. The minimum absolute atomic E-state index is 1.21. The Kier molecular flexibility index (Phi) is 6.69. The lowest BCUT2D eigenvalue weighted by molar-refractivity contribution is 1.40. The predicted molar refractivity (Wildman–Crippen MR) is 208 cm³/mol. The van der Waals surface area contributed by atoms with Gasteiger partial charge in [0.2, 0.25) is 0 Å². The third kappa shape index (κ3) is 4.61. The van der Waals surface area contributed by atoms with Crippen molar-refractivity contribution in [2.45, 2.75) is 13.8 Å². The molecular weight excluding hydrogens is 577 g/mol. The molecule has 0 fully saturated rings. The van der Waals surface area contributed by atoms with E-state index < -0.39 is 0 Å². The van der Waals surface area contributed by atoms with Crippen molar-refractivity contribution in [1.29, 1.82) is 0 Å². The Morgan fingerprint density at radius 2 is 0.792 bits per heavy atom. The molecular formula is C48H34. The van der Waals surface area contributed by atoms with E-state index in [4.69, 9.17) is 0 Å². The van der Waals surface area contributed by atoms with Crippen LogP contribution in [0.15, 0.2) is 170 Å². The number of hydrogen-bond acceptors (Lipinski definition) is 0. The van der Waals surface area contributed by atoms with Gasteiger partial charge in [-0.3, -0.25) is 0 Å². The molecule has 0 radical (unpaired) electrons. The van der Waals surface area contributed by atoms with Gasteiger partial charge in [-0.2, -0.15) is 0 Å². The monoisotopic (exact) mass is 610 g/mol. The highest BCUT2D eigenvalue weighted by Gasteiger charge is 2.19. The van der Waals surface area contributed by atoms with E-state index in [2.05, 4.69) is 184 Å². The lowest BCUT2D eigenvalue weighted by Crippen LogP contribution is -1.94. The normalized spacial score (nSPS) is 11.5. The van der Waals surface area contributed by atoms with Crippen LogP contribution in [0.1, 0.15) is 11.1 Å². The molecule has 0 aliphatic heterocycles. The summed E-state index contributed by atoms with van der Waals surface area (Å²) in [5.74, 6) is 0. The summed E-state index contributed by atoms with van der Waals surface area (Å²) >= 11 is 0. The summed E-state index contributed by atoms with van der Waals surface area (Å²) in [6, 6.07) is 62.7. The summed E-state index contributed by atoms with van der Waals surface area (Å²) in [7, 11) is 0. The topological polar surface area (TPSA) is 0 Å². The maximum absolute atomic E-state index is 2.42. The van der Waals surface area contributed by atoms with Crippen molar-refractivity contribution >= 4 is 43.1 Å². The second-order valence-corrected chi connectivity index (χ2v) is 13.0. The average Bonchev–Trinajstić information content (AvgIpc) is 3.14. The molecule has 0 saturated heterocycles. The molecule has 9 rings (SSSR count). The Labute approximate surface area is 281 Å². The molecule has 48 heavy (non-hydrogen) atoms. The Hall–Kier alpha value is -5.98. The fourth-order valence-corrected chi connectivity index (χ4v) is 7.72. The first kappa shape index (κ1) is 28.3. The van der Waals surface area contributed by atoms with Gasteiger partial charge in [-0.15, -0.1) is 0 Å². The summed E-state index contributed by atoms with van der Waals surface area (Å²) in [5.41, 5.74) is 12.7. The van der Waals surface area contributed by atoms with Gasteiger partial charge in [-0.1, -0.05) is 163 Å². The van der Waals surface area contributed by atoms with Crippen LogP contribution >= 0.6 is 0 Å². The van der Waals surface area contributed by atoms with Crippen LogP contribution in [0, 0.1) is 13.8 Å². The van der Waals surface area contributed by atoms with Crippen molar-refractivity contribution < 1.29 is 0 Å². The van der Waals surface area contributed by atoms with Crippen LogP contribution in [0.2, 0.25) is 0 Å². The quantitative estimate of drug-likeness (QED) is 0.174. The maximum Gasteiger partial charge on any atom is -0.00199 e. The highest BCUT2D eigenvalue weighted by atomic mass is 14.2. The average molecular weight is 611 g/mol. The van der Waals surface area contributed by atoms with Gasteiger partial charge < -0.3 is 0 Å². The Morgan fingerprint density at radius 3 is 1.44 bits per heavy atom. The van der Waals surface area contributed by atoms with Gasteiger partial charge in [0.1, 0.15) is 0 Å². The number of fused-ring (bicyclic) bond motifs is 4. The van der Waals surface area contributed by atoms with Crippen molar-refractivity contribution in [3.8, 4) is 44.5 Å². The van der Waals surface area contributed by atoms with Crippen molar-refractivity contribution in [3.63, 3.8) is 0 Å². The number of benzene rings is 9. The van der Waals surface area contributed by atoms with E-state index in [9.17, 15) is 0 Å². The fourth-order valence-electron chi connectivity index (χ4n) is 7.72. The number of hydrogen-bond donors (Lipinski definition) is 0. The summed E-state index contributed by atoms with van der Waals surface area (Å²) in [6.07, 6.45) is 0. The van der Waals surface area contributed by atoms with Gasteiger partial charge in [-0.05, 0) is 119 Å². The molecule has 9 aromatic carbocycles. The molecule has 0 heteroatoms. The van der Waals surface area contributed by atoms with Crippen LogP contribution in [0.25, 0.3) is 87.6 Å². The Bertz CT molecular complexity index is 2610. The van der Waals surface area contributed by atoms with Crippen LogP contribution in [0.3, 0.4) is 0 Å². The van der Waals surface area contributed by atoms with E-state index in [1.807, 2.05) is 0 Å². The molecule has 0 heterocycles. The summed E-state index contributed by atoms with van der Waals surface area (Å²) in [5, 5.41) is 10.2. The second kappa shape index (κ2) is 11.4. The minimum atomic E-state index is 1.21. The predicted octanol–water partition coefficient (Wildman–Crippen LogP) is 13.6. The van der Waals surface area contributed by atoms with E-state index >= 15 is 0 Å². The summed E-state index contributed by atoms with van der Waals surface area (Å²) < 4.78 is 0. The molecule has 0 atom stereocenters. The molecule has 0 saturated carbocycles.